The first-order valence-electron chi connectivity index (χ1n) is 8.74. The molecule has 0 radical (unpaired) electrons. The van der Waals surface area contributed by atoms with Crippen LogP contribution >= 0.6 is 0 Å². The van der Waals surface area contributed by atoms with E-state index in [9.17, 15) is 8.94 Å². The summed E-state index contributed by atoms with van der Waals surface area (Å²) in [6.45, 7) is 15.8. The maximum absolute atomic E-state index is 14.5. The van der Waals surface area contributed by atoms with Gasteiger partial charge in [0.25, 0.3) is 0 Å². The Kier molecular flexibility index (Phi) is 5.49. The summed E-state index contributed by atoms with van der Waals surface area (Å²) in [6, 6.07) is 1.64. The molecule has 2 rings (SSSR count). The smallest absolute Gasteiger partial charge is 0.221 e. The van der Waals surface area contributed by atoms with Crippen molar-refractivity contribution in [2.45, 2.75) is 84.6 Å². The summed E-state index contributed by atoms with van der Waals surface area (Å²) in [4.78, 5) is 4.09. The van der Waals surface area contributed by atoms with Gasteiger partial charge in [-0.3, -0.25) is 0 Å². The van der Waals surface area contributed by atoms with E-state index in [0.717, 1.165) is 5.56 Å². The average molecular weight is 371 g/mol. The number of aromatic nitrogens is 1. The Labute approximate surface area is 154 Å². The van der Waals surface area contributed by atoms with Crippen LogP contribution in [0.4, 0.5) is 4.39 Å². The van der Waals surface area contributed by atoms with Crippen molar-refractivity contribution in [1.29, 1.82) is 0 Å². The number of nitrogens with zero attached hydrogens (tertiary/aromatic N) is 1. The maximum atomic E-state index is 14.5. The molecule has 1 aliphatic rings. The van der Waals surface area contributed by atoms with E-state index in [-0.39, 0.29) is 16.2 Å². The second kappa shape index (κ2) is 6.71. The molecule has 0 spiro atoms. The number of hydrogen-bond donors (Lipinski definition) is 1. The van der Waals surface area contributed by atoms with Gasteiger partial charge in [-0.05, 0) is 52.5 Å². The molecule has 142 valence electrons. The number of fused-ring (bicyclic) bond motifs is 1. The Morgan fingerprint density at radius 3 is 2.44 bits per heavy atom. The number of ether oxygens (including phenoxy) is 1. The standard InChI is InChI=1S/C19H31FN2O2S/c1-17(2,3)10-12-9-13-14(22-25(23)18(4,5)6)11-19(7,8)24-16(13)21-15(12)20/h9,14,22H,10-11H2,1-8H3. The minimum atomic E-state index is -1.23. The molecular weight excluding hydrogens is 339 g/mol. The van der Waals surface area contributed by atoms with Crippen LogP contribution in [0.5, 0.6) is 5.88 Å². The molecule has 1 N–H and O–H groups in total. The zero-order valence-electron chi connectivity index (χ0n) is 16.6. The lowest BCUT2D eigenvalue weighted by molar-refractivity contribution is 0.0625. The fraction of sp³-hybridized carbons (Fsp3) is 0.737. The van der Waals surface area contributed by atoms with Crippen molar-refractivity contribution in [3.05, 3.63) is 23.1 Å². The van der Waals surface area contributed by atoms with E-state index in [1.807, 2.05) is 40.7 Å². The van der Waals surface area contributed by atoms with Crippen LogP contribution in [0.3, 0.4) is 0 Å². The highest BCUT2D eigenvalue weighted by Gasteiger charge is 2.40. The lowest BCUT2D eigenvalue weighted by atomic mass is 9.86. The molecule has 4 nitrogen and oxygen atoms in total. The minimum Gasteiger partial charge on any atom is -0.598 e. The monoisotopic (exact) mass is 370 g/mol. The van der Waals surface area contributed by atoms with Gasteiger partial charge in [0.05, 0.1) is 6.04 Å². The molecule has 0 aliphatic carbocycles. The molecule has 0 amide bonds. The first-order chi connectivity index (χ1) is 11.2. The van der Waals surface area contributed by atoms with Crippen molar-refractivity contribution in [2.75, 3.05) is 0 Å². The predicted octanol–water partition coefficient (Wildman–Crippen LogP) is 4.46. The molecule has 1 aromatic rings. The van der Waals surface area contributed by atoms with Crippen molar-refractivity contribution in [3.8, 4) is 5.88 Å². The van der Waals surface area contributed by atoms with Gasteiger partial charge >= 0.3 is 0 Å². The van der Waals surface area contributed by atoms with E-state index in [4.69, 9.17) is 4.74 Å². The van der Waals surface area contributed by atoms with E-state index in [1.54, 1.807) is 0 Å². The predicted molar refractivity (Wildman–Crippen MR) is 100 cm³/mol. The molecule has 2 unspecified atom stereocenters. The zero-order chi connectivity index (χ0) is 19.2. The fourth-order valence-corrected chi connectivity index (χ4v) is 3.70. The molecule has 0 aromatic carbocycles. The van der Waals surface area contributed by atoms with E-state index in [0.29, 0.717) is 24.3 Å². The lowest BCUT2D eigenvalue weighted by Gasteiger charge is -2.38. The van der Waals surface area contributed by atoms with Crippen molar-refractivity contribution in [2.24, 2.45) is 5.41 Å². The molecule has 0 bridgehead atoms. The summed E-state index contributed by atoms with van der Waals surface area (Å²) in [7, 11) is 0. The van der Waals surface area contributed by atoms with Crippen molar-refractivity contribution in [1.82, 2.24) is 9.71 Å². The minimum absolute atomic E-state index is 0.0529. The highest BCUT2D eigenvalue weighted by Crippen LogP contribution is 2.40. The van der Waals surface area contributed by atoms with Gasteiger partial charge in [0.2, 0.25) is 11.8 Å². The quantitative estimate of drug-likeness (QED) is 0.630. The van der Waals surface area contributed by atoms with E-state index in [2.05, 4.69) is 30.5 Å². The summed E-state index contributed by atoms with van der Waals surface area (Å²) < 4.78 is 35.8. The third-order valence-corrected chi connectivity index (χ3v) is 5.62. The van der Waals surface area contributed by atoms with Gasteiger partial charge in [-0.1, -0.05) is 20.8 Å². The van der Waals surface area contributed by atoms with Gasteiger partial charge in [-0.15, -0.1) is 4.72 Å². The Bertz CT molecular complexity index is 636. The molecular formula is C19H31FN2O2S. The Balaban J connectivity index is 2.42. The summed E-state index contributed by atoms with van der Waals surface area (Å²) in [6.07, 6.45) is 1.22. The normalized spacial score (nSPS) is 21.4. The summed E-state index contributed by atoms with van der Waals surface area (Å²) in [5.41, 5.74) is 0.806. The van der Waals surface area contributed by atoms with Gasteiger partial charge in [0.15, 0.2) is 0 Å². The summed E-state index contributed by atoms with van der Waals surface area (Å²) in [5, 5.41) is 0. The van der Waals surface area contributed by atoms with Crippen molar-refractivity contribution in [3.63, 3.8) is 0 Å². The molecule has 2 heterocycles. The van der Waals surface area contributed by atoms with Crippen molar-refractivity contribution >= 4 is 11.4 Å². The van der Waals surface area contributed by atoms with Crippen LogP contribution < -0.4 is 9.46 Å². The van der Waals surface area contributed by atoms with E-state index in [1.165, 1.54) is 0 Å². The van der Waals surface area contributed by atoms with Crippen LogP contribution in [0.2, 0.25) is 0 Å². The van der Waals surface area contributed by atoms with Gasteiger partial charge < -0.3 is 9.29 Å². The Morgan fingerprint density at radius 1 is 1.32 bits per heavy atom. The first kappa shape index (κ1) is 20.5. The number of pyridine rings is 1. The van der Waals surface area contributed by atoms with Crippen LogP contribution in [0, 0.1) is 11.4 Å². The lowest BCUT2D eigenvalue weighted by Crippen LogP contribution is -2.46. The maximum Gasteiger partial charge on any atom is 0.221 e. The molecule has 25 heavy (non-hydrogen) atoms. The van der Waals surface area contributed by atoms with Gasteiger partial charge in [-0.2, -0.15) is 9.37 Å². The topological polar surface area (TPSA) is 57.2 Å². The number of nitrogens with one attached hydrogen (secondary N) is 1. The van der Waals surface area contributed by atoms with Crippen LogP contribution in [0.15, 0.2) is 6.07 Å². The number of rotatable bonds is 3. The SMILES string of the molecule is CC(C)(C)Cc1cc2c(nc1F)OC(C)(C)CC2N[S+]([O-])C(C)(C)C. The molecule has 1 aliphatic heterocycles. The molecule has 1 aromatic heterocycles. The molecule has 6 heteroatoms. The van der Waals surface area contributed by atoms with Gasteiger partial charge in [0, 0.05) is 28.9 Å². The molecule has 2 atom stereocenters. The summed E-state index contributed by atoms with van der Waals surface area (Å²) >= 11 is -1.23. The first-order valence-corrected chi connectivity index (χ1v) is 9.89. The van der Waals surface area contributed by atoms with E-state index < -0.39 is 22.9 Å². The summed E-state index contributed by atoms with van der Waals surface area (Å²) in [5.74, 6) is -0.183. The highest BCUT2D eigenvalue weighted by molar-refractivity contribution is 7.90. The van der Waals surface area contributed by atoms with Gasteiger partial charge in [-0.25, -0.2) is 0 Å². The van der Waals surface area contributed by atoms with E-state index >= 15 is 0 Å². The average Bonchev–Trinajstić information content (AvgIpc) is 2.36. The number of hydrogen-bond acceptors (Lipinski definition) is 4. The second-order valence-corrected chi connectivity index (χ2v) is 11.7. The van der Waals surface area contributed by atoms with Crippen molar-refractivity contribution < 1.29 is 13.7 Å². The van der Waals surface area contributed by atoms with Crippen LogP contribution in [-0.2, 0) is 17.8 Å². The van der Waals surface area contributed by atoms with Crippen LogP contribution in [-0.4, -0.2) is 19.9 Å². The fourth-order valence-electron chi connectivity index (χ4n) is 2.88. The largest absolute Gasteiger partial charge is 0.598 e. The third-order valence-electron chi connectivity index (χ3n) is 4.01. The Morgan fingerprint density at radius 2 is 1.92 bits per heavy atom. The second-order valence-electron chi connectivity index (χ2n) is 9.69. The third kappa shape index (κ3) is 5.31. The van der Waals surface area contributed by atoms with Crippen LogP contribution in [0.25, 0.3) is 0 Å². The highest BCUT2D eigenvalue weighted by atomic mass is 32.2. The molecule has 0 saturated carbocycles. The molecule has 0 saturated heterocycles. The Hall–Kier alpha value is -0.850. The van der Waals surface area contributed by atoms with Gasteiger partial charge in [0.1, 0.15) is 10.3 Å². The zero-order valence-corrected chi connectivity index (χ0v) is 17.4. The molecule has 0 fully saturated rings. The number of halogens is 1. The van der Waals surface area contributed by atoms with Crippen LogP contribution in [0.1, 0.15) is 79.0 Å².